The molecule has 3 aromatic carbocycles. The van der Waals surface area contributed by atoms with E-state index in [0.717, 1.165) is 32.9 Å². The fourth-order valence-corrected chi connectivity index (χ4v) is 9.49. The van der Waals surface area contributed by atoms with Gasteiger partial charge in [0.1, 0.15) is 35.7 Å². The summed E-state index contributed by atoms with van der Waals surface area (Å²) >= 11 is 0. The van der Waals surface area contributed by atoms with Gasteiger partial charge in [-0.3, -0.25) is 48.8 Å². The maximum atomic E-state index is 14.3. The minimum atomic E-state index is -1.74. The number of guanidine groups is 1. The van der Waals surface area contributed by atoms with Gasteiger partial charge in [0, 0.05) is 66.6 Å². The number of primary amides is 2. The minimum absolute atomic E-state index is 0.0511. The Morgan fingerprint density at radius 3 is 1.84 bits per heavy atom. The molecule has 1 aliphatic carbocycles. The lowest BCUT2D eigenvalue weighted by atomic mass is 9.99. The van der Waals surface area contributed by atoms with Crippen molar-refractivity contribution in [1.29, 1.82) is 0 Å². The van der Waals surface area contributed by atoms with Crippen LogP contribution in [0, 0.1) is 17.8 Å². The highest BCUT2D eigenvalue weighted by molar-refractivity contribution is 6.00. The van der Waals surface area contributed by atoms with Crippen molar-refractivity contribution in [3.63, 3.8) is 0 Å². The van der Waals surface area contributed by atoms with Crippen molar-refractivity contribution in [3.8, 4) is 0 Å². The molecule has 0 bridgehead atoms. The number of H-pyrrole nitrogens is 2. The monoisotopic (exact) mass is 1100 g/mol. The van der Waals surface area contributed by atoms with Crippen LogP contribution in [-0.4, -0.2) is 130 Å². The SMILES string of the molecule is CN=C(N)NCCC1CC1(NC(=O)[C@H](CC(C)C)NC(=O)NNC(=O)[C@H](Cc1ccccc1)NC(=O)[C@@H](NC(=O)[C@H](CC(N)=O)NC(=O)[C@H](C)Cc1c[nH]c2ccccc12)[C@@H](C)O)C(=O)N[C@@H](Cc1c[nH]c2ccccc12)C(N)=O. The van der Waals surface area contributed by atoms with Gasteiger partial charge in [0.2, 0.25) is 41.4 Å². The Labute approximate surface area is 461 Å². The fourth-order valence-electron chi connectivity index (χ4n) is 9.49. The molecule has 10 amide bonds. The number of aliphatic imine (C=N–C) groups is 1. The number of aliphatic hydroxyl groups excluding tert-OH is 1. The number of carbonyl (C=O) groups is 9. The van der Waals surface area contributed by atoms with E-state index in [4.69, 9.17) is 17.2 Å². The summed E-state index contributed by atoms with van der Waals surface area (Å²) in [6.45, 7) is 6.74. The van der Waals surface area contributed by atoms with Gasteiger partial charge in [0.05, 0.1) is 12.5 Å². The van der Waals surface area contributed by atoms with Crippen molar-refractivity contribution < 1.29 is 48.3 Å². The number of nitrogens with one attached hydrogen (secondary N) is 11. The highest BCUT2D eigenvalue weighted by Gasteiger charge is 2.61. The molecule has 0 aliphatic heterocycles. The van der Waals surface area contributed by atoms with Crippen molar-refractivity contribution >= 4 is 81.1 Å². The second-order valence-corrected chi connectivity index (χ2v) is 20.6. The molecule has 9 atom stereocenters. The molecule has 0 radical (unpaired) electrons. The molecule has 2 unspecified atom stereocenters. The Morgan fingerprint density at radius 2 is 1.25 bits per heavy atom. The quantitative estimate of drug-likeness (QED) is 0.0181. The van der Waals surface area contributed by atoms with Crippen molar-refractivity contribution in [2.24, 2.45) is 39.9 Å². The van der Waals surface area contributed by atoms with Crippen LogP contribution >= 0.6 is 0 Å². The maximum Gasteiger partial charge on any atom is 0.334 e. The number of benzene rings is 3. The molecule has 2 heterocycles. The van der Waals surface area contributed by atoms with Crippen LogP contribution in [0.1, 0.15) is 70.1 Å². The van der Waals surface area contributed by atoms with E-state index in [1.165, 1.54) is 14.0 Å². The zero-order valence-corrected chi connectivity index (χ0v) is 45.3. The number of aromatic nitrogens is 2. The number of aliphatic hydroxyl groups is 1. The summed E-state index contributed by atoms with van der Waals surface area (Å²) in [7, 11) is 1.50. The van der Waals surface area contributed by atoms with Gasteiger partial charge in [-0.25, -0.2) is 10.2 Å². The number of hydrogen-bond donors (Lipinski definition) is 15. The Balaban J connectivity index is 1.12. The van der Waals surface area contributed by atoms with E-state index in [2.05, 4.69) is 63.0 Å². The Bertz CT molecular complexity index is 3070. The Kier molecular flexibility index (Phi) is 20.7. The molecular weight excluding hydrogens is 1030 g/mol. The molecule has 2 aromatic heterocycles. The van der Waals surface area contributed by atoms with Gasteiger partial charge in [-0.1, -0.05) is 87.5 Å². The molecular formula is C55H73N15O10. The van der Waals surface area contributed by atoms with Crippen molar-refractivity contribution in [3.05, 3.63) is 108 Å². The summed E-state index contributed by atoms with van der Waals surface area (Å²) in [5.74, 6) is -7.94. The van der Waals surface area contributed by atoms with E-state index < -0.39 is 113 Å². The standard InChI is InChI=1S/C55H73N15O10/c1-29(2)21-41(49(76)68-55(26-35(55)19-20-60-53(58)59-5)52(79)65-40(46(57)73)24-34-28-62-39-18-12-10-16-37(34)39)66-54(80)70-69-50(77)42(23-32-13-7-6-8-14-32)64-51(78)45(31(4)71)67-48(75)43(25-44(56)72)63-47(74)30(3)22-33-27-61-38-17-11-9-15-36(33)38/h6-18,27-31,35,40-43,45,61-62,71H,19-26H2,1-5H3,(H2,56,72)(H2,57,73)(H,63,74)(H,64,78)(H,65,79)(H,67,75)(H,68,76)(H,69,77)(H3,58,59,60)(H2,66,70,80)/t30-,31-,35?,40+,41+,42+,43+,45+,55?/m1/s1. The van der Waals surface area contributed by atoms with Crippen LogP contribution in [0.3, 0.4) is 0 Å². The molecule has 80 heavy (non-hydrogen) atoms. The lowest BCUT2D eigenvalue weighted by Crippen LogP contribution is -2.62. The second kappa shape index (κ2) is 27.5. The van der Waals surface area contributed by atoms with Crippen LogP contribution in [0.25, 0.3) is 21.8 Å². The van der Waals surface area contributed by atoms with E-state index in [1.807, 2.05) is 48.5 Å². The first kappa shape index (κ1) is 60.2. The van der Waals surface area contributed by atoms with Crippen LogP contribution in [0.5, 0.6) is 0 Å². The molecule has 1 fully saturated rings. The summed E-state index contributed by atoms with van der Waals surface area (Å²) in [6, 6.07) is 15.1. The molecule has 1 aliphatic rings. The van der Waals surface area contributed by atoms with Gasteiger partial charge in [-0.2, -0.15) is 0 Å². The second-order valence-electron chi connectivity index (χ2n) is 20.6. The molecule has 25 nitrogen and oxygen atoms in total. The van der Waals surface area contributed by atoms with Gasteiger partial charge in [-0.05, 0) is 73.3 Å². The molecule has 18 N–H and O–H groups in total. The predicted octanol–water partition coefficient (Wildman–Crippen LogP) is -0.462. The van der Waals surface area contributed by atoms with Crippen LogP contribution in [0.2, 0.25) is 0 Å². The third-order valence-corrected chi connectivity index (χ3v) is 13.9. The molecule has 1 saturated carbocycles. The summed E-state index contributed by atoms with van der Waals surface area (Å²) in [5.41, 5.74) is 23.9. The van der Waals surface area contributed by atoms with E-state index >= 15 is 0 Å². The molecule has 0 spiro atoms. The summed E-state index contributed by atoms with van der Waals surface area (Å²) < 4.78 is 0. The Morgan fingerprint density at radius 1 is 0.650 bits per heavy atom. The topological polar surface area (TPSA) is 404 Å². The van der Waals surface area contributed by atoms with Crippen molar-refractivity contribution in [1.82, 2.24) is 58.0 Å². The summed E-state index contributed by atoms with van der Waals surface area (Å²) in [6.07, 6.45) is 2.00. The number of para-hydroxylation sites is 2. The van der Waals surface area contributed by atoms with Gasteiger partial charge in [0.25, 0.3) is 5.91 Å². The summed E-state index contributed by atoms with van der Waals surface area (Å²) in [4.78, 5) is 133. The largest absolute Gasteiger partial charge is 0.391 e. The molecule has 428 valence electrons. The van der Waals surface area contributed by atoms with E-state index in [9.17, 15) is 48.3 Å². The number of hydrazine groups is 1. The number of rotatable bonds is 27. The van der Waals surface area contributed by atoms with Gasteiger partial charge in [-0.15, -0.1) is 0 Å². The number of carbonyl (C=O) groups excluding carboxylic acids is 9. The van der Waals surface area contributed by atoms with Crippen LogP contribution in [-0.2, 0) is 57.6 Å². The first-order valence-corrected chi connectivity index (χ1v) is 26.3. The fraction of sp³-hybridized carbons (Fsp3) is 0.418. The van der Waals surface area contributed by atoms with E-state index in [1.54, 1.807) is 63.5 Å². The lowest BCUT2D eigenvalue weighted by molar-refractivity contribution is -0.137. The number of nitrogens with zero attached hydrogens (tertiary/aromatic N) is 1. The number of fused-ring (bicyclic) bond motifs is 2. The normalized spacial score (nSPS) is 17.5. The van der Waals surface area contributed by atoms with Crippen molar-refractivity contribution in [2.75, 3.05) is 13.6 Å². The highest BCUT2D eigenvalue weighted by Crippen LogP contribution is 2.46. The van der Waals surface area contributed by atoms with Crippen molar-refractivity contribution in [2.45, 2.75) is 114 Å². The van der Waals surface area contributed by atoms with Crippen LogP contribution < -0.4 is 65.3 Å². The molecule has 5 aromatic rings. The number of hydrogen-bond acceptors (Lipinski definition) is 11. The van der Waals surface area contributed by atoms with E-state index in [0.29, 0.717) is 12.0 Å². The predicted molar refractivity (Wildman–Crippen MR) is 298 cm³/mol. The van der Waals surface area contributed by atoms with Gasteiger partial charge >= 0.3 is 6.03 Å². The zero-order chi connectivity index (χ0) is 58.3. The Hall–Kier alpha value is -9.00. The highest BCUT2D eigenvalue weighted by atomic mass is 16.3. The van der Waals surface area contributed by atoms with Gasteiger partial charge < -0.3 is 69.5 Å². The minimum Gasteiger partial charge on any atom is -0.391 e. The average molecular weight is 1100 g/mol. The third-order valence-electron chi connectivity index (χ3n) is 13.9. The molecule has 25 heteroatoms. The first-order chi connectivity index (χ1) is 38.1. The molecule has 6 rings (SSSR count). The average Bonchev–Trinajstić information content (AvgIpc) is 3.72. The smallest absolute Gasteiger partial charge is 0.334 e. The summed E-state index contributed by atoms with van der Waals surface area (Å²) in [5, 5.41) is 31.1. The van der Waals surface area contributed by atoms with Crippen LogP contribution in [0.4, 0.5) is 4.79 Å². The number of aromatic amines is 2. The number of nitrogens with two attached hydrogens (primary N) is 3. The maximum absolute atomic E-state index is 14.3. The van der Waals surface area contributed by atoms with Crippen LogP contribution in [0.15, 0.2) is 96.2 Å². The van der Waals surface area contributed by atoms with Gasteiger partial charge in [0.15, 0.2) is 5.96 Å². The lowest BCUT2D eigenvalue weighted by Gasteiger charge is -2.27. The molecule has 0 saturated heterocycles. The van der Waals surface area contributed by atoms with E-state index in [-0.39, 0.29) is 50.5 Å². The third kappa shape index (κ3) is 16.3. The number of urea groups is 1. The zero-order valence-electron chi connectivity index (χ0n) is 45.3. The first-order valence-electron chi connectivity index (χ1n) is 26.3. The number of amides is 10.